The molecule has 3 aromatic carbocycles. The molecular formula is C28H26. The molecule has 0 radical (unpaired) electrons. The van der Waals surface area contributed by atoms with Gasteiger partial charge in [0.25, 0.3) is 0 Å². The summed E-state index contributed by atoms with van der Waals surface area (Å²) in [5, 5.41) is 0. The molecule has 0 bridgehead atoms. The average Bonchev–Trinajstić information content (AvgIpc) is 3.32. The van der Waals surface area contributed by atoms with Crippen LogP contribution in [0.3, 0.4) is 0 Å². The lowest BCUT2D eigenvalue weighted by atomic mass is 9.84. The van der Waals surface area contributed by atoms with Crippen molar-refractivity contribution in [3.63, 3.8) is 0 Å². The first-order chi connectivity index (χ1) is 13.7. The minimum atomic E-state index is 0.488. The Kier molecular flexibility index (Phi) is 4.28. The van der Waals surface area contributed by atoms with E-state index in [0.717, 1.165) is 12.8 Å². The Morgan fingerprint density at radius 1 is 0.643 bits per heavy atom. The van der Waals surface area contributed by atoms with E-state index in [1.807, 2.05) is 0 Å². The zero-order valence-electron chi connectivity index (χ0n) is 16.7. The standard InChI is InChI=1S/C28H26/c1-19-11-12-24(17-23-15-13-21-7-3-5-9-26(21)23)28(20(19)2)18-25-16-14-22-8-4-6-10-27(22)25/h3-16,23,25H,17-18H2,1-2H3. The van der Waals surface area contributed by atoms with Crippen molar-refractivity contribution in [3.8, 4) is 0 Å². The van der Waals surface area contributed by atoms with Gasteiger partial charge in [-0.25, -0.2) is 0 Å². The number of fused-ring (bicyclic) bond motifs is 2. The molecule has 3 aromatic rings. The first-order valence-corrected chi connectivity index (χ1v) is 10.3. The Morgan fingerprint density at radius 2 is 1.21 bits per heavy atom. The number of benzene rings is 3. The van der Waals surface area contributed by atoms with Gasteiger partial charge in [-0.05, 0) is 71.2 Å². The Bertz CT molecular complexity index is 1100. The van der Waals surface area contributed by atoms with Crippen molar-refractivity contribution in [1.29, 1.82) is 0 Å². The number of hydrogen-bond acceptors (Lipinski definition) is 0. The maximum Gasteiger partial charge on any atom is 0.00678 e. The molecule has 0 heterocycles. The zero-order chi connectivity index (χ0) is 19.1. The molecule has 0 spiro atoms. The largest absolute Gasteiger partial charge is 0.0760 e. The number of hydrogen-bond donors (Lipinski definition) is 0. The quantitative estimate of drug-likeness (QED) is 0.468. The minimum absolute atomic E-state index is 0.488. The molecule has 0 heteroatoms. The highest BCUT2D eigenvalue weighted by Crippen LogP contribution is 2.37. The van der Waals surface area contributed by atoms with Crippen LogP contribution >= 0.6 is 0 Å². The van der Waals surface area contributed by atoms with Crippen LogP contribution in [-0.2, 0) is 12.8 Å². The normalized spacial score (nSPS) is 19.1. The highest BCUT2D eigenvalue weighted by Gasteiger charge is 2.23. The molecule has 0 fully saturated rings. The first kappa shape index (κ1) is 17.3. The third-order valence-electron chi connectivity index (χ3n) is 6.64. The maximum absolute atomic E-state index is 2.39. The van der Waals surface area contributed by atoms with Gasteiger partial charge in [-0.1, -0.05) is 85.0 Å². The molecule has 0 amide bonds. The molecule has 2 aliphatic carbocycles. The summed E-state index contributed by atoms with van der Waals surface area (Å²) in [6.07, 6.45) is 11.5. The van der Waals surface area contributed by atoms with Crippen molar-refractivity contribution >= 4 is 12.2 Å². The smallest absolute Gasteiger partial charge is 0.00678 e. The first-order valence-electron chi connectivity index (χ1n) is 10.3. The molecule has 0 saturated carbocycles. The zero-order valence-corrected chi connectivity index (χ0v) is 16.7. The lowest BCUT2D eigenvalue weighted by Gasteiger charge is -2.21. The summed E-state index contributed by atoms with van der Waals surface area (Å²) in [7, 11) is 0. The van der Waals surface area contributed by atoms with Crippen molar-refractivity contribution in [3.05, 3.63) is 117 Å². The van der Waals surface area contributed by atoms with Gasteiger partial charge < -0.3 is 0 Å². The fourth-order valence-corrected chi connectivity index (χ4v) is 4.87. The molecule has 5 rings (SSSR count). The van der Waals surface area contributed by atoms with Crippen LogP contribution in [0.15, 0.2) is 72.8 Å². The summed E-state index contributed by atoms with van der Waals surface area (Å²) in [6.45, 7) is 4.54. The summed E-state index contributed by atoms with van der Waals surface area (Å²) < 4.78 is 0. The van der Waals surface area contributed by atoms with E-state index in [2.05, 4.69) is 98.8 Å². The van der Waals surface area contributed by atoms with Crippen molar-refractivity contribution in [2.24, 2.45) is 0 Å². The van der Waals surface area contributed by atoms with E-state index in [9.17, 15) is 0 Å². The van der Waals surface area contributed by atoms with E-state index >= 15 is 0 Å². The van der Waals surface area contributed by atoms with E-state index in [0.29, 0.717) is 11.8 Å². The molecule has 0 N–H and O–H groups in total. The van der Waals surface area contributed by atoms with Crippen molar-refractivity contribution in [2.75, 3.05) is 0 Å². The molecule has 2 aliphatic rings. The van der Waals surface area contributed by atoms with Crippen LogP contribution in [0.4, 0.5) is 0 Å². The monoisotopic (exact) mass is 362 g/mol. The lowest BCUT2D eigenvalue weighted by molar-refractivity contribution is 0.792. The molecule has 138 valence electrons. The molecule has 2 atom stereocenters. The SMILES string of the molecule is Cc1ccc(CC2C=Cc3ccccc32)c(CC2C=Cc3ccccc32)c1C. The third kappa shape index (κ3) is 2.94. The summed E-state index contributed by atoms with van der Waals surface area (Å²) in [5.41, 5.74) is 11.6. The van der Waals surface area contributed by atoms with Gasteiger partial charge in [0.1, 0.15) is 0 Å². The highest BCUT2D eigenvalue weighted by atomic mass is 14.3. The fourth-order valence-electron chi connectivity index (χ4n) is 4.87. The predicted molar refractivity (Wildman–Crippen MR) is 120 cm³/mol. The van der Waals surface area contributed by atoms with Gasteiger partial charge in [0.15, 0.2) is 0 Å². The fraction of sp³-hybridized carbons (Fsp3) is 0.214. The second-order valence-electron chi connectivity index (χ2n) is 8.24. The second kappa shape index (κ2) is 6.95. The molecule has 28 heavy (non-hydrogen) atoms. The van der Waals surface area contributed by atoms with Crippen LogP contribution in [0.25, 0.3) is 12.2 Å². The number of allylic oxidation sites excluding steroid dienone is 2. The molecule has 0 nitrogen and oxygen atoms in total. The van der Waals surface area contributed by atoms with Crippen LogP contribution < -0.4 is 0 Å². The Labute approximate surface area is 168 Å². The van der Waals surface area contributed by atoms with Gasteiger partial charge in [0, 0.05) is 11.8 Å². The molecule has 0 aliphatic heterocycles. The Morgan fingerprint density at radius 3 is 1.86 bits per heavy atom. The van der Waals surface area contributed by atoms with Crippen LogP contribution in [0.1, 0.15) is 56.3 Å². The Hall–Kier alpha value is -2.86. The molecule has 0 saturated heterocycles. The van der Waals surface area contributed by atoms with E-state index in [1.165, 1.54) is 38.9 Å². The van der Waals surface area contributed by atoms with Crippen molar-refractivity contribution < 1.29 is 0 Å². The summed E-state index contributed by atoms with van der Waals surface area (Å²) in [5.74, 6) is 0.977. The highest BCUT2D eigenvalue weighted by molar-refractivity contribution is 5.64. The number of aryl methyl sites for hydroxylation is 1. The average molecular weight is 363 g/mol. The van der Waals surface area contributed by atoms with Gasteiger partial charge in [0.2, 0.25) is 0 Å². The van der Waals surface area contributed by atoms with Gasteiger partial charge in [0.05, 0.1) is 0 Å². The summed E-state index contributed by atoms with van der Waals surface area (Å²) in [6, 6.07) is 22.3. The third-order valence-corrected chi connectivity index (χ3v) is 6.64. The predicted octanol–water partition coefficient (Wildman–Crippen LogP) is 7.01. The van der Waals surface area contributed by atoms with Gasteiger partial charge in [-0.3, -0.25) is 0 Å². The molecule has 2 unspecified atom stereocenters. The van der Waals surface area contributed by atoms with Crippen LogP contribution in [0.2, 0.25) is 0 Å². The van der Waals surface area contributed by atoms with Crippen LogP contribution in [0.5, 0.6) is 0 Å². The van der Waals surface area contributed by atoms with Crippen LogP contribution in [-0.4, -0.2) is 0 Å². The van der Waals surface area contributed by atoms with Crippen LogP contribution in [0, 0.1) is 13.8 Å². The summed E-state index contributed by atoms with van der Waals surface area (Å²) >= 11 is 0. The number of rotatable bonds is 4. The van der Waals surface area contributed by atoms with Gasteiger partial charge >= 0.3 is 0 Å². The van der Waals surface area contributed by atoms with E-state index in [4.69, 9.17) is 0 Å². The lowest BCUT2D eigenvalue weighted by Crippen LogP contribution is -2.08. The summed E-state index contributed by atoms with van der Waals surface area (Å²) in [4.78, 5) is 0. The maximum atomic E-state index is 2.39. The minimum Gasteiger partial charge on any atom is -0.0760 e. The van der Waals surface area contributed by atoms with Crippen molar-refractivity contribution in [2.45, 2.75) is 38.5 Å². The van der Waals surface area contributed by atoms with Crippen molar-refractivity contribution in [1.82, 2.24) is 0 Å². The molecular weight excluding hydrogens is 336 g/mol. The van der Waals surface area contributed by atoms with E-state index in [1.54, 1.807) is 5.56 Å². The van der Waals surface area contributed by atoms with E-state index in [-0.39, 0.29) is 0 Å². The second-order valence-corrected chi connectivity index (χ2v) is 8.24. The molecule has 0 aromatic heterocycles. The van der Waals surface area contributed by atoms with E-state index < -0.39 is 0 Å². The van der Waals surface area contributed by atoms with Gasteiger partial charge in [-0.2, -0.15) is 0 Å². The Balaban J connectivity index is 1.48. The topological polar surface area (TPSA) is 0 Å². The van der Waals surface area contributed by atoms with Gasteiger partial charge in [-0.15, -0.1) is 0 Å².